The molecule has 1 aliphatic heterocycles. The summed E-state index contributed by atoms with van der Waals surface area (Å²) in [6.45, 7) is 0.413. The van der Waals surface area contributed by atoms with Crippen molar-refractivity contribution in [3.8, 4) is 5.75 Å². The van der Waals surface area contributed by atoms with Crippen LogP contribution in [0.4, 0.5) is 4.39 Å². The molecule has 0 bridgehead atoms. The van der Waals surface area contributed by atoms with Crippen molar-refractivity contribution < 1.29 is 22.3 Å². The van der Waals surface area contributed by atoms with Crippen LogP contribution in [0, 0.1) is 5.82 Å². The Bertz CT molecular complexity index is 965. The van der Waals surface area contributed by atoms with Crippen LogP contribution in [0.1, 0.15) is 28.4 Å². The Kier molecular flexibility index (Phi) is 5.31. The minimum absolute atomic E-state index is 0.179. The predicted molar refractivity (Wildman–Crippen MR) is 97.1 cm³/mol. The van der Waals surface area contributed by atoms with Crippen LogP contribution in [0.25, 0.3) is 0 Å². The van der Waals surface area contributed by atoms with Gasteiger partial charge in [-0.25, -0.2) is 17.5 Å². The molecule has 1 unspecified atom stereocenters. The summed E-state index contributed by atoms with van der Waals surface area (Å²) in [7, 11) is -2.54. The molecule has 3 rings (SSSR count). The van der Waals surface area contributed by atoms with Crippen molar-refractivity contribution in [2.24, 2.45) is 0 Å². The van der Waals surface area contributed by atoms with E-state index in [0.717, 1.165) is 28.2 Å². The second-order valence-corrected chi connectivity index (χ2v) is 8.50. The first-order chi connectivity index (χ1) is 12.3. The van der Waals surface area contributed by atoms with Gasteiger partial charge in [-0.3, -0.25) is 4.79 Å². The van der Waals surface area contributed by atoms with Crippen molar-refractivity contribution in [1.29, 1.82) is 0 Å². The zero-order valence-corrected chi connectivity index (χ0v) is 16.2. The van der Waals surface area contributed by atoms with Gasteiger partial charge < -0.3 is 10.1 Å². The molecule has 0 saturated carbocycles. The quantitative estimate of drug-likeness (QED) is 0.762. The van der Waals surface area contributed by atoms with Crippen molar-refractivity contribution in [2.75, 3.05) is 13.7 Å². The number of sulfonamides is 1. The SMILES string of the molecule is CNS(=O)(=O)c1ccc(F)c(C(=O)NC2CCOc3ccc(Br)cc32)c1. The fourth-order valence-electron chi connectivity index (χ4n) is 2.71. The number of hydrogen-bond donors (Lipinski definition) is 2. The van der Waals surface area contributed by atoms with Crippen LogP contribution < -0.4 is 14.8 Å². The Balaban J connectivity index is 1.90. The molecule has 1 atom stereocenters. The fourth-order valence-corrected chi connectivity index (χ4v) is 3.85. The van der Waals surface area contributed by atoms with Crippen molar-refractivity contribution in [1.82, 2.24) is 10.0 Å². The number of fused-ring (bicyclic) bond motifs is 1. The molecule has 1 aliphatic rings. The lowest BCUT2D eigenvalue weighted by atomic mass is 10.00. The molecule has 0 saturated heterocycles. The predicted octanol–water partition coefficient (Wildman–Crippen LogP) is 2.75. The molecule has 9 heteroatoms. The highest BCUT2D eigenvalue weighted by Crippen LogP contribution is 2.34. The molecule has 1 heterocycles. The highest BCUT2D eigenvalue weighted by atomic mass is 79.9. The monoisotopic (exact) mass is 442 g/mol. The second kappa shape index (κ2) is 7.34. The molecule has 0 spiro atoms. The van der Waals surface area contributed by atoms with E-state index in [0.29, 0.717) is 18.8 Å². The Hall–Kier alpha value is -1.97. The maximum atomic E-state index is 14.1. The van der Waals surface area contributed by atoms with Gasteiger partial charge in [-0.1, -0.05) is 15.9 Å². The van der Waals surface area contributed by atoms with Gasteiger partial charge in [-0.2, -0.15) is 0 Å². The first-order valence-electron chi connectivity index (χ1n) is 7.78. The molecule has 0 radical (unpaired) electrons. The van der Waals surface area contributed by atoms with E-state index in [1.165, 1.54) is 7.05 Å². The van der Waals surface area contributed by atoms with Crippen molar-refractivity contribution >= 4 is 31.9 Å². The van der Waals surface area contributed by atoms with E-state index in [1.807, 2.05) is 12.1 Å². The third-order valence-corrected chi connectivity index (χ3v) is 5.98. The standard InChI is InChI=1S/C17H16BrFN2O4S/c1-20-26(23,24)11-3-4-14(19)12(9-11)17(22)21-15-6-7-25-16-5-2-10(18)8-13(15)16/h2-5,8-9,15,20H,6-7H2,1H3,(H,21,22). The maximum Gasteiger partial charge on any atom is 0.254 e. The van der Waals surface area contributed by atoms with Gasteiger partial charge >= 0.3 is 0 Å². The molecule has 0 aliphatic carbocycles. The number of benzene rings is 2. The normalized spacial score (nSPS) is 16.5. The van der Waals surface area contributed by atoms with E-state index in [1.54, 1.807) is 6.07 Å². The van der Waals surface area contributed by atoms with E-state index < -0.39 is 21.7 Å². The third kappa shape index (κ3) is 3.74. The lowest BCUT2D eigenvalue weighted by Crippen LogP contribution is -2.33. The van der Waals surface area contributed by atoms with Gasteiger partial charge in [0.1, 0.15) is 11.6 Å². The van der Waals surface area contributed by atoms with Gasteiger partial charge in [0.15, 0.2) is 0 Å². The topological polar surface area (TPSA) is 84.5 Å². The summed E-state index contributed by atoms with van der Waals surface area (Å²) in [5, 5.41) is 2.76. The average molecular weight is 443 g/mol. The fraction of sp³-hybridized carbons (Fsp3) is 0.235. The minimum atomic E-state index is -3.78. The number of halogens is 2. The van der Waals surface area contributed by atoms with Gasteiger partial charge in [0.2, 0.25) is 10.0 Å². The van der Waals surface area contributed by atoms with Crippen LogP contribution in [0.3, 0.4) is 0 Å². The van der Waals surface area contributed by atoms with Crippen LogP contribution in [0.5, 0.6) is 5.75 Å². The highest BCUT2D eigenvalue weighted by molar-refractivity contribution is 9.10. The first kappa shape index (κ1) is 18.8. The summed E-state index contributed by atoms with van der Waals surface area (Å²) in [5.41, 5.74) is 0.447. The van der Waals surface area contributed by atoms with Gasteiger partial charge in [0.05, 0.1) is 23.1 Å². The van der Waals surface area contributed by atoms with E-state index in [9.17, 15) is 17.6 Å². The maximum absolute atomic E-state index is 14.1. The van der Waals surface area contributed by atoms with Gasteiger partial charge in [0, 0.05) is 16.5 Å². The third-order valence-electron chi connectivity index (χ3n) is 4.08. The summed E-state index contributed by atoms with van der Waals surface area (Å²) < 4.78 is 46.4. The number of ether oxygens (including phenoxy) is 1. The van der Waals surface area contributed by atoms with Crippen molar-refractivity contribution in [3.05, 3.63) is 57.8 Å². The Morgan fingerprint density at radius 2 is 2.04 bits per heavy atom. The van der Waals surface area contributed by atoms with E-state index >= 15 is 0 Å². The Morgan fingerprint density at radius 3 is 2.77 bits per heavy atom. The second-order valence-electron chi connectivity index (χ2n) is 5.69. The summed E-state index contributed by atoms with van der Waals surface area (Å²) in [4.78, 5) is 12.4. The largest absolute Gasteiger partial charge is 0.493 e. The van der Waals surface area contributed by atoms with Crippen molar-refractivity contribution in [3.63, 3.8) is 0 Å². The summed E-state index contributed by atoms with van der Waals surface area (Å²) in [6.07, 6.45) is 0.519. The van der Waals surface area contributed by atoms with Gasteiger partial charge in [-0.15, -0.1) is 0 Å². The molecule has 0 aromatic heterocycles. The molecular formula is C17H16BrFN2O4S. The summed E-state index contributed by atoms with van der Waals surface area (Å²) >= 11 is 3.38. The van der Waals surface area contributed by atoms with Gasteiger partial charge in [-0.05, 0) is 43.4 Å². The zero-order chi connectivity index (χ0) is 18.9. The van der Waals surface area contributed by atoms with Crippen LogP contribution in [-0.2, 0) is 10.0 Å². The molecule has 138 valence electrons. The van der Waals surface area contributed by atoms with Gasteiger partial charge in [0.25, 0.3) is 5.91 Å². The highest BCUT2D eigenvalue weighted by Gasteiger charge is 2.25. The molecule has 6 nitrogen and oxygen atoms in total. The van der Waals surface area contributed by atoms with Crippen LogP contribution in [0.15, 0.2) is 45.8 Å². The summed E-state index contributed by atoms with van der Waals surface area (Å²) in [5.74, 6) is -0.829. The lowest BCUT2D eigenvalue weighted by molar-refractivity contribution is 0.0920. The number of rotatable bonds is 4. The Labute approximate surface area is 158 Å². The smallest absolute Gasteiger partial charge is 0.254 e. The van der Waals surface area contributed by atoms with Crippen LogP contribution in [-0.4, -0.2) is 28.0 Å². The zero-order valence-electron chi connectivity index (χ0n) is 13.8. The number of hydrogen-bond acceptors (Lipinski definition) is 4. The number of carbonyl (C=O) groups is 1. The number of carbonyl (C=O) groups excluding carboxylic acids is 1. The molecule has 2 aromatic rings. The molecule has 2 aromatic carbocycles. The Morgan fingerprint density at radius 1 is 1.27 bits per heavy atom. The van der Waals surface area contributed by atoms with Crippen molar-refractivity contribution in [2.45, 2.75) is 17.4 Å². The lowest BCUT2D eigenvalue weighted by Gasteiger charge is -2.27. The first-order valence-corrected chi connectivity index (χ1v) is 10.1. The van der Waals surface area contributed by atoms with E-state index in [4.69, 9.17) is 4.74 Å². The average Bonchev–Trinajstić information content (AvgIpc) is 2.62. The molecule has 0 fully saturated rings. The van der Waals surface area contributed by atoms with Crippen LogP contribution >= 0.6 is 15.9 Å². The molecule has 2 N–H and O–H groups in total. The van der Waals surface area contributed by atoms with E-state index in [-0.39, 0.29) is 16.5 Å². The molecule has 1 amide bonds. The van der Waals surface area contributed by atoms with E-state index in [2.05, 4.69) is 26.0 Å². The molecular weight excluding hydrogens is 427 g/mol. The number of nitrogens with one attached hydrogen (secondary N) is 2. The minimum Gasteiger partial charge on any atom is -0.493 e. The van der Waals surface area contributed by atoms with Crippen LogP contribution in [0.2, 0.25) is 0 Å². The number of amides is 1. The molecule has 26 heavy (non-hydrogen) atoms. The summed E-state index contributed by atoms with van der Waals surface area (Å²) in [6, 6.07) is 8.18.